The molecule has 1 aromatic carbocycles. The summed E-state index contributed by atoms with van der Waals surface area (Å²) in [6.45, 7) is 4.47. The van der Waals surface area contributed by atoms with Gasteiger partial charge in [0.15, 0.2) is 0 Å². The number of piperidine rings is 1. The largest absolute Gasteiger partial charge is 0.381 e. The van der Waals surface area contributed by atoms with Crippen LogP contribution in [0.5, 0.6) is 0 Å². The fraction of sp³-hybridized carbons (Fsp3) is 0.524. The highest BCUT2D eigenvalue weighted by Gasteiger charge is 2.38. The molecule has 0 aliphatic carbocycles. The first-order valence-electron chi connectivity index (χ1n) is 9.89. The summed E-state index contributed by atoms with van der Waals surface area (Å²) in [7, 11) is 0. The number of anilines is 1. The van der Waals surface area contributed by atoms with Crippen LogP contribution in [-0.2, 0) is 10.2 Å². The van der Waals surface area contributed by atoms with E-state index in [9.17, 15) is 0 Å². The van der Waals surface area contributed by atoms with Crippen molar-refractivity contribution < 1.29 is 4.74 Å². The highest BCUT2D eigenvalue weighted by atomic mass is 35.5. The maximum absolute atomic E-state index is 6.61. The number of rotatable bonds is 5. The van der Waals surface area contributed by atoms with Crippen molar-refractivity contribution in [2.24, 2.45) is 5.92 Å². The van der Waals surface area contributed by atoms with Gasteiger partial charge in [-0.1, -0.05) is 29.8 Å². The molecule has 2 aromatic rings. The van der Waals surface area contributed by atoms with Crippen LogP contribution in [0.15, 0.2) is 36.5 Å². The number of hydrogen-bond donors (Lipinski definition) is 2. The van der Waals surface area contributed by atoms with Gasteiger partial charge in [-0.15, -0.1) is 24.8 Å². The van der Waals surface area contributed by atoms with E-state index in [2.05, 4.69) is 27.8 Å². The van der Waals surface area contributed by atoms with Gasteiger partial charge in [-0.3, -0.25) is 0 Å². The Hall–Kier alpha value is -1.11. The molecule has 0 amide bonds. The third-order valence-corrected chi connectivity index (χ3v) is 6.13. The lowest BCUT2D eigenvalue weighted by molar-refractivity contribution is 0.0594. The van der Waals surface area contributed by atoms with Gasteiger partial charge >= 0.3 is 0 Å². The van der Waals surface area contributed by atoms with Crippen molar-refractivity contribution >= 4 is 42.4 Å². The molecule has 2 fully saturated rings. The predicted molar refractivity (Wildman–Crippen MR) is 123 cm³/mol. The lowest BCUT2D eigenvalue weighted by Gasteiger charge is -2.38. The van der Waals surface area contributed by atoms with Crippen LogP contribution in [0.3, 0.4) is 0 Å². The summed E-state index contributed by atoms with van der Waals surface area (Å²) in [5, 5.41) is 7.70. The van der Waals surface area contributed by atoms with Crippen LogP contribution in [0.25, 0.3) is 0 Å². The molecule has 4 rings (SSSR count). The number of benzene rings is 1. The number of halogens is 3. The van der Waals surface area contributed by atoms with Crippen LogP contribution >= 0.6 is 36.4 Å². The SMILES string of the molecule is Cl.Cl.Clc1ccccc1C1(c2ccnc(NCC3CCCOC3)n2)CCNCC1. The van der Waals surface area contributed by atoms with Crippen molar-refractivity contribution in [1.29, 1.82) is 0 Å². The fourth-order valence-corrected chi connectivity index (χ4v) is 4.60. The quantitative estimate of drug-likeness (QED) is 0.690. The smallest absolute Gasteiger partial charge is 0.222 e. The fourth-order valence-electron chi connectivity index (χ4n) is 4.28. The molecule has 29 heavy (non-hydrogen) atoms. The van der Waals surface area contributed by atoms with Gasteiger partial charge in [0.1, 0.15) is 0 Å². The summed E-state index contributed by atoms with van der Waals surface area (Å²) in [6, 6.07) is 10.2. The third-order valence-electron chi connectivity index (χ3n) is 5.80. The number of hydrogen-bond acceptors (Lipinski definition) is 5. The normalized spacial score (nSPS) is 20.8. The Labute approximate surface area is 190 Å². The van der Waals surface area contributed by atoms with E-state index in [0.29, 0.717) is 11.9 Å². The van der Waals surface area contributed by atoms with Crippen molar-refractivity contribution in [2.45, 2.75) is 31.1 Å². The molecule has 0 spiro atoms. The van der Waals surface area contributed by atoms with Gasteiger partial charge < -0.3 is 15.4 Å². The van der Waals surface area contributed by atoms with E-state index in [1.807, 2.05) is 24.4 Å². The first-order valence-corrected chi connectivity index (χ1v) is 10.3. The van der Waals surface area contributed by atoms with Crippen LogP contribution < -0.4 is 10.6 Å². The summed E-state index contributed by atoms with van der Waals surface area (Å²) in [6.07, 6.45) is 6.15. The Balaban J connectivity index is 0.00000150. The van der Waals surface area contributed by atoms with Crippen LogP contribution in [0.1, 0.15) is 36.9 Å². The van der Waals surface area contributed by atoms with Crippen molar-refractivity contribution in [2.75, 3.05) is 38.2 Å². The zero-order valence-electron chi connectivity index (χ0n) is 16.4. The van der Waals surface area contributed by atoms with E-state index >= 15 is 0 Å². The molecule has 5 nitrogen and oxygen atoms in total. The molecule has 1 aromatic heterocycles. The van der Waals surface area contributed by atoms with E-state index in [1.165, 1.54) is 12.0 Å². The first kappa shape index (κ1) is 24.2. The van der Waals surface area contributed by atoms with Gasteiger partial charge in [0.2, 0.25) is 5.95 Å². The van der Waals surface area contributed by atoms with Gasteiger partial charge in [-0.2, -0.15) is 0 Å². The molecule has 1 unspecified atom stereocenters. The van der Waals surface area contributed by atoms with E-state index in [4.69, 9.17) is 21.3 Å². The van der Waals surface area contributed by atoms with E-state index in [-0.39, 0.29) is 30.2 Å². The molecule has 0 radical (unpaired) electrons. The molecule has 3 heterocycles. The molecule has 0 bridgehead atoms. The molecular weight excluding hydrogens is 431 g/mol. The Bertz CT molecular complexity index is 765. The third kappa shape index (κ3) is 5.53. The molecular formula is C21H29Cl3N4O. The summed E-state index contributed by atoms with van der Waals surface area (Å²) in [5.74, 6) is 1.23. The minimum Gasteiger partial charge on any atom is -0.381 e. The molecule has 160 valence electrons. The van der Waals surface area contributed by atoms with E-state index in [0.717, 1.165) is 62.8 Å². The Morgan fingerprint density at radius 3 is 2.69 bits per heavy atom. The highest BCUT2D eigenvalue weighted by Crippen LogP contribution is 2.42. The number of nitrogens with one attached hydrogen (secondary N) is 2. The van der Waals surface area contributed by atoms with Crippen molar-refractivity contribution in [3.8, 4) is 0 Å². The molecule has 1 atom stereocenters. The van der Waals surface area contributed by atoms with Gasteiger partial charge in [0, 0.05) is 29.8 Å². The molecule has 2 aliphatic heterocycles. The molecule has 2 aliphatic rings. The average Bonchev–Trinajstić information content (AvgIpc) is 2.74. The Morgan fingerprint density at radius 2 is 1.97 bits per heavy atom. The molecule has 2 N–H and O–H groups in total. The first-order chi connectivity index (χ1) is 13.3. The monoisotopic (exact) mass is 458 g/mol. The molecule has 0 saturated carbocycles. The van der Waals surface area contributed by atoms with Crippen LogP contribution in [-0.4, -0.2) is 42.8 Å². The maximum Gasteiger partial charge on any atom is 0.222 e. The summed E-state index contributed by atoms with van der Waals surface area (Å²) in [4.78, 5) is 9.38. The van der Waals surface area contributed by atoms with Crippen molar-refractivity contribution in [1.82, 2.24) is 15.3 Å². The second-order valence-corrected chi connectivity index (χ2v) is 7.95. The number of nitrogens with zero attached hydrogens (tertiary/aromatic N) is 2. The summed E-state index contributed by atoms with van der Waals surface area (Å²) < 4.78 is 5.57. The second-order valence-electron chi connectivity index (χ2n) is 7.54. The minimum atomic E-state index is -0.170. The van der Waals surface area contributed by atoms with E-state index in [1.54, 1.807) is 0 Å². The zero-order valence-corrected chi connectivity index (χ0v) is 18.8. The Kier molecular flexibility index (Phi) is 9.44. The second kappa shape index (κ2) is 11.3. The minimum absolute atomic E-state index is 0. The van der Waals surface area contributed by atoms with E-state index < -0.39 is 0 Å². The van der Waals surface area contributed by atoms with Crippen LogP contribution in [0, 0.1) is 5.92 Å². The summed E-state index contributed by atoms with van der Waals surface area (Å²) >= 11 is 6.61. The number of ether oxygens (including phenoxy) is 1. The average molecular weight is 460 g/mol. The summed E-state index contributed by atoms with van der Waals surface area (Å²) in [5.41, 5.74) is 2.05. The van der Waals surface area contributed by atoms with Crippen molar-refractivity contribution in [3.05, 3.63) is 52.8 Å². The lowest BCUT2D eigenvalue weighted by atomic mass is 9.70. The molecule has 2 saturated heterocycles. The molecule has 8 heteroatoms. The van der Waals surface area contributed by atoms with Crippen molar-refractivity contribution in [3.63, 3.8) is 0 Å². The Morgan fingerprint density at radius 1 is 1.17 bits per heavy atom. The topological polar surface area (TPSA) is 59.1 Å². The van der Waals surface area contributed by atoms with Gasteiger partial charge in [0.05, 0.1) is 12.3 Å². The predicted octanol–water partition coefficient (Wildman–Crippen LogP) is 4.48. The van der Waals surface area contributed by atoms with Crippen LogP contribution in [0.4, 0.5) is 5.95 Å². The lowest BCUT2D eigenvalue weighted by Crippen LogP contribution is -2.41. The van der Waals surface area contributed by atoms with Crippen LogP contribution in [0.2, 0.25) is 5.02 Å². The van der Waals surface area contributed by atoms with Gasteiger partial charge in [-0.05, 0) is 62.4 Å². The van der Waals surface area contributed by atoms with Gasteiger partial charge in [0.25, 0.3) is 0 Å². The standard InChI is InChI=1S/C21H27ClN4O.2ClH/c22-18-6-2-1-5-17(18)21(8-11-23-12-9-21)19-7-10-24-20(26-19)25-14-16-4-3-13-27-15-16;;/h1-2,5-7,10,16,23H,3-4,8-9,11-15H2,(H,24,25,26);2*1H. The highest BCUT2D eigenvalue weighted by molar-refractivity contribution is 6.31. The van der Waals surface area contributed by atoms with Gasteiger partial charge in [-0.25, -0.2) is 9.97 Å². The zero-order chi connectivity index (χ0) is 18.5. The maximum atomic E-state index is 6.61. The number of aromatic nitrogens is 2.